The van der Waals surface area contributed by atoms with E-state index in [-0.39, 0.29) is 0 Å². The Morgan fingerprint density at radius 1 is 1.36 bits per heavy atom. The standard InChI is InChI=1S/C13H16O/c1-10-5-3-4-6-12(10)7-13-9-14-8-11(13)2/h3-7,11H,8-9H2,1-2H3/b13-7+. The lowest BCUT2D eigenvalue weighted by molar-refractivity contribution is 0.191. The molecule has 1 aliphatic heterocycles. The summed E-state index contributed by atoms with van der Waals surface area (Å²) in [7, 11) is 0. The summed E-state index contributed by atoms with van der Waals surface area (Å²) in [5, 5.41) is 0. The third-order valence-electron chi connectivity index (χ3n) is 2.80. The van der Waals surface area contributed by atoms with Gasteiger partial charge in [0.1, 0.15) is 0 Å². The van der Waals surface area contributed by atoms with E-state index in [9.17, 15) is 0 Å². The fourth-order valence-electron chi connectivity index (χ4n) is 1.74. The van der Waals surface area contributed by atoms with Gasteiger partial charge >= 0.3 is 0 Å². The SMILES string of the molecule is Cc1ccccc1/C=C1\COCC1C. The van der Waals surface area contributed by atoms with Gasteiger partial charge in [0.05, 0.1) is 13.2 Å². The second-order valence-corrected chi connectivity index (χ2v) is 3.99. The zero-order valence-corrected chi connectivity index (χ0v) is 8.79. The van der Waals surface area contributed by atoms with Crippen molar-refractivity contribution in [3.63, 3.8) is 0 Å². The molecule has 0 spiro atoms. The van der Waals surface area contributed by atoms with Gasteiger partial charge in [-0.3, -0.25) is 0 Å². The van der Waals surface area contributed by atoms with Crippen LogP contribution in [0.25, 0.3) is 6.08 Å². The van der Waals surface area contributed by atoms with Crippen molar-refractivity contribution in [2.24, 2.45) is 5.92 Å². The maximum Gasteiger partial charge on any atom is 0.0683 e. The van der Waals surface area contributed by atoms with Crippen LogP contribution in [0.1, 0.15) is 18.1 Å². The molecule has 74 valence electrons. The first kappa shape index (κ1) is 9.47. The number of ether oxygens (including phenoxy) is 1. The van der Waals surface area contributed by atoms with Crippen molar-refractivity contribution < 1.29 is 4.74 Å². The van der Waals surface area contributed by atoms with E-state index in [0.29, 0.717) is 5.92 Å². The Morgan fingerprint density at radius 2 is 2.14 bits per heavy atom. The van der Waals surface area contributed by atoms with Crippen molar-refractivity contribution in [2.45, 2.75) is 13.8 Å². The van der Waals surface area contributed by atoms with Crippen LogP contribution in [0.3, 0.4) is 0 Å². The first-order valence-corrected chi connectivity index (χ1v) is 5.11. The van der Waals surface area contributed by atoms with E-state index in [0.717, 1.165) is 13.2 Å². The van der Waals surface area contributed by atoms with Gasteiger partial charge in [-0.1, -0.05) is 37.3 Å². The molecule has 1 unspecified atom stereocenters. The average molecular weight is 188 g/mol. The summed E-state index contributed by atoms with van der Waals surface area (Å²) in [5.41, 5.74) is 4.07. The third kappa shape index (κ3) is 1.88. The zero-order chi connectivity index (χ0) is 9.97. The Labute approximate surface area is 85.4 Å². The first-order valence-electron chi connectivity index (χ1n) is 5.11. The van der Waals surface area contributed by atoms with Crippen LogP contribution < -0.4 is 0 Å². The minimum Gasteiger partial charge on any atom is -0.376 e. The van der Waals surface area contributed by atoms with Gasteiger partial charge in [0.15, 0.2) is 0 Å². The maximum absolute atomic E-state index is 5.41. The molecule has 0 aromatic heterocycles. The van der Waals surface area contributed by atoms with E-state index in [1.165, 1.54) is 16.7 Å². The van der Waals surface area contributed by atoms with Crippen LogP contribution in [-0.4, -0.2) is 13.2 Å². The van der Waals surface area contributed by atoms with Gasteiger partial charge in [-0.25, -0.2) is 0 Å². The fraction of sp³-hybridized carbons (Fsp3) is 0.385. The average Bonchev–Trinajstić information content (AvgIpc) is 2.56. The van der Waals surface area contributed by atoms with Crippen molar-refractivity contribution in [3.05, 3.63) is 41.0 Å². The Balaban J connectivity index is 2.29. The lowest BCUT2D eigenvalue weighted by Gasteiger charge is -2.04. The minimum atomic E-state index is 0.578. The molecule has 1 fully saturated rings. The van der Waals surface area contributed by atoms with E-state index < -0.39 is 0 Å². The van der Waals surface area contributed by atoms with Gasteiger partial charge < -0.3 is 4.74 Å². The van der Waals surface area contributed by atoms with Crippen LogP contribution in [0.15, 0.2) is 29.8 Å². The summed E-state index contributed by atoms with van der Waals surface area (Å²) in [6.45, 7) is 6.04. The summed E-state index contributed by atoms with van der Waals surface area (Å²) >= 11 is 0. The molecule has 1 heterocycles. The van der Waals surface area contributed by atoms with Crippen molar-refractivity contribution in [1.29, 1.82) is 0 Å². The predicted octanol–water partition coefficient (Wildman–Crippen LogP) is 3.04. The monoisotopic (exact) mass is 188 g/mol. The minimum absolute atomic E-state index is 0.578. The van der Waals surface area contributed by atoms with Crippen molar-refractivity contribution >= 4 is 6.08 Å². The molecule has 2 rings (SSSR count). The predicted molar refractivity (Wildman–Crippen MR) is 59.1 cm³/mol. The fourth-order valence-corrected chi connectivity index (χ4v) is 1.74. The summed E-state index contributed by atoms with van der Waals surface area (Å²) in [4.78, 5) is 0. The Hall–Kier alpha value is -1.08. The van der Waals surface area contributed by atoms with Crippen molar-refractivity contribution in [1.82, 2.24) is 0 Å². The molecule has 1 atom stereocenters. The lowest BCUT2D eigenvalue weighted by atomic mass is 10.00. The molecule has 1 aliphatic rings. The third-order valence-corrected chi connectivity index (χ3v) is 2.80. The number of rotatable bonds is 1. The van der Waals surface area contributed by atoms with E-state index in [2.05, 4.69) is 44.2 Å². The molecule has 1 aromatic rings. The highest BCUT2D eigenvalue weighted by Gasteiger charge is 2.16. The van der Waals surface area contributed by atoms with Gasteiger partial charge in [0.25, 0.3) is 0 Å². The molecule has 1 nitrogen and oxygen atoms in total. The smallest absolute Gasteiger partial charge is 0.0683 e. The Morgan fingerprint density at radius 3 is 2.79 bits per heavy atom. The number of benzene rings is 1. The molecule has 0 amide bonds. The molecule has 1 heteroatoms. The van der Waals surface area contributed by atoms with Crippen LogP contribution in [0, 0.1) is 12.8 Å². The normalized spacial score (nSPS) is 24.4. The molecule has 0 N–H and O–H groups in total. The second-order valence-electron chi connectivity index (χ2n) is 3.99. The summed E-state index contributed by atoms with van der Waals surface area (Å²) in [6.07, 6.45) is 2.27. The van der Waals surface area contributed by atoms with Gasteiger partial charge in [-0.2, -0.15) is 0 Å². The highest BCUT2D eigenvalue weighted by molar-refractivity contribution is 5.57. The lowest BCUT2D eigenvalue weighted by Crippen LogP contribution is -1.94. The maximum atomic E-state index is 5.41. The van der Waals surface area contributed by atoms with E-state index in [4.69, 9.17) is 4.74 Å². The van der Waals surface area contributed by atoms with Crippen molar-refractivity contribution in [3.8, 4) is 0 Å². The molecule has 0 bridgehead atoms. The highest BCUT2D eigenvalue weighted by Crippen LogP contribution is 2.22. The first-order chi connectivity index (χ1) is 6.77. The summed E-state index contributed by atoms with van der Waals surface area (Å²) in [5.74, 6) is 0.578. The number of hydrogen-bond acceptors (Lipinski definition) is 1. The van der Waals surface area contributed by atoms with Crippen LogP contribution in [-0.2, 0) is 4.74 Å². The van der Waals surface area contributed by atoms with Crippen LogP contribution in [0.5, 0.6) is 0 Å². The van der Waals surface area contributed by atoms with Crippen LogP contribution >= 0.6 is 0 Å². The van der Waals surface area contributed by atoms with E-state index >= 15 is 0 Å². The molecular weight excluding hydrogens is 172 g/mol. The molecule has 0 saturated carbocycles. The zero-order valence-electron chi connectivity index (χ0n) is 8.79. The Kier molecular flexibility index (Phi) is 2.69. The second kappa shape index (κ2) is 3.97. The number of hydrogen-bond donors (Lipinski definition) is 0. The molecule has 0 radical (unpaired) electrons. The van der Waals surface area contributed by atoms with Gasteiger partial charge in [0, 0.05) is 5.92 Å². The number of aryl methyl sites for hydroxylation is 1. The van der Waals surface area contributed by atoms with Gasteiger partial charge in [0.2, 0.25) is 0 Å². The molecule has 0 aliphatic carbocycles. The van der Waals surface area contributed by atoms with E-state index in [1.807, 2.05) is 0 Å². The topological polar surface area (TPSA) is 9.23 Å². The summed E-state index contributed by atoms with van der Waals surface area (Å²) in [6, 6.07) is 8.46. The Bertz CT molecular complexity index is 352. The van der Waals surface area contributed by atoms with Crippen LogP contribution in [0.2, 0.25) is 0 Å². The van der Waals surface area contributed by atoms with Crippen molar-refractivity contribution in [2.75, 3.05) is 13.2 Å². The van der Waals surface area contributed by atoms with Crippen LogP contribution in [0.4, 0.5) is 0 Å². The molecule has 14 heavy (non-hydrogen) atoms. The van der Waals surface area contributed by atoms with E-state index in [1.54, 1.807) is 0 Å². The quantitative estimate of drug-likeness (QED) is 0.658. The highest BCUT2D eigenvalue weighted by atomic mass is 16.5. The van der Waals surface area contributed by atoms with Gasteiger partial charge in [-0.05, 0) is 23.6 Å². The molecular formula is C13H16O. The van der Waals surface area contributed by atoms with Gasteiger partial charge in [-0.15, -0.1) is 0 Å². The summed E-state index contributed by atoms with van der Waals surface area (Å²) < 4.78 is 5.41. The molecule has 1 aromatic carbocycles. The largest absolute Gasteiger partial charge is 0.376 e. The molecule has 1 saturated heterocycles.